The van der Waals surface area contributed by atoms with Crippen LogP contribution in [0.15, 0.2) is 60.1 Å². The van der Waals surface area contributed by atoms with Crippen molar-refractivity contribution >= 4 is 17.0 Å². The van der Waals surface area contributed by atoms with Crippen LogP contribution in [-0.2, 0) is 0 Å². The summed E-state index contributed by atoms with van der Waals surface area (Å²) < 4.78 is 5.71. The molecule has 3 aromatic rings. The Kier molecular flexibility index (Phi) is 3.61. The molecule has 1 aromatic heterocycles. The maximum atomic E-state index is 11.1. The van der Waals surface area contributed by atoms with Crippen molar-refractivity contribution < 1.29 is 9.66 Å². The van der Waals surface area contributed by atoms with Gasteiger partial charge in [-0.3, -0.25) is 10.1 Å². The van der Waals surface area contributed by atoms with Gasteiger partial charge >= 0.3 is 0 Å². The Morgan fingerprint density at radius 2 is 1.90 bits per heavy atom. The zero-order valence-electron chi connectivity index (χ0n) is 10.8. The normalized spacial score (nSPS) is 10.3. The third kappa shape index (κ3) is 2.90. The molecule has 0 saturated heterocycles. The summed E-state index contributed by atoms with van der Waals surface area (Å²) >= 11 is 1.35. The van der Waals surface area contributed by atoms with Gasteiger partial charge in [0.25, 0.3) is 5.69 Å². The molecule has 0 unspecified atom stereocenters. The van der Waals surface area contributed by atoms with E-state index in [1.807, 2.05) is 30.3 Å². The first-order valence-corrected chi connectivity index (χ1v) is 7.03. The molecule has 0 saturated carbocycles. The fourth-order valence-corrected chi connectivity index (χ4v) is 2.55. The van der Waals surface area contributed by atoms with E-state index in [0.29, 0.717) is 22.1 Å². The van der Waals surface area contributed by atoms with Gasteiger partial charge in [-0.1, -0.05) is 18.2 Å². The lowest BCUT2D eigenvalue weighted by Gasteiger charge is -2.07. The molecule has 3 rings (SSSR count). The molecular formula is C15H10N2O3S. The summed E-state index contributed by atoms with van der Waals surface area (Å²) in [5.74, 6) is 1.22. The maximum Gasteiger partial charge on any atom is 0.279 e. The van der Waals surface area contributed by atoms with Crippen LogP contribution in [0.5, 0.6) is 11.5 Å². The molecule has 0 bridgehead atoms. The molecule has 6 heteroatoms. The molecule has 0 aliphatic carbocycles. The van der Waals surface area contributed by atoms with Crippen molar-refractivity contribution in [2.24, 2.45) is 0 Å². The van der Waals surface area contributed by atoms with Gasteiger partial charge in [0.1, 0.15) is 16.5 Å². The van der Waals surface area contributed by atoms with Crippen LogP contribution in [0.3, 0.4) is 0 Å². The molecule has 0 aliphatic heterocycles. The first kappa shape index (κ1) is 13.3. The molecule has 21 heavy (non-hydrogen) atoms. The van der Waals surface area contributed by atoms with Crippen LogP contribution < -0.4 is 4.74 Å². The number of benzene rings is 2. The standard InChI is InChI=1S/C15H10N2O3S/c18-17(19)14-7-6-12(20-11-4-2-1-3-5-11)10-13(14)15-16-8-9-21-15/h1-10H. The monoisotopic (exact) mass is 298 g/mol. The van der Waals surface area contributed by atoms with E-state index in [-0.39, 0.29) is 5.69 Å². The number of nitro benzene ring substituents is 1. The van der Waals surface area contributed by atoms with E-state index in [1.54, 1.807) is 23.7 Å². The van der Waals surface area contributed by atoms with Gasteiger partial charge in [0.05, 0.1) is 10.5 Å². The lowest BCUT2D eigenvalue weighted by Crippen LogP contribution is -1.93. The van der Waals surface area contributed by atoms with Crippen molar-refractivity contribution in [3.8, 4) is 22.1 Å². The second-order valence-electron chi connectivity index (χ2n) is 4.19. The highest BCUT2D eigenvalue weighted by Gasteiger charge is 2.18. The van der Waals surface area contributed by atoms with Crippen LogP contribution in [0.1, 0.15) is 0 Å². The van der Waals surface area contributed by atoms with E-state index in [0.717, 1.165) is 0 Å². The summed E-state index contributed by atoms with van der Waals surface area (Å²) in [6.45, 7) is 0. The Bertz CT molecular complexity index is 758. The molecular weight excluding hydrogens is 288 g/mol. The molecule has 0 radical (unpaired) electrons. The van der Waals surface area contributed by atoms with Crippen LogP contribution >= 0.6 is 11.3 Å². The van der Waals surface area contributed by atoms with Gasteiger partial charge in [-0.25, -0.2) is 4.98 Å². The first-order valence-electron chi connectivity index (χ1n) is 6.15. The van der Waals surface area contributed by atoms with E-state index < -0.39 is 4.92 Å². The Morgan fingerprint density at radius 3 is 2.57 bits per heavy atom. The molecule has 0 atom stereocenters. The third-order valence-electron chi connectivity index (χ3n) is 2.81. The SMILES string of the molecule is O=[N+]([O-])c1ccc(Oc2ccccc2)cc1-c1nccs1. The van der Waals surface area contributed by atoms with E-state index in [4.69, 9.17) is 4.74 Å². The quantitative estimate of drug-likeness (QED) is 0.525. The van der Waals surface area contributed by atoms with Crippen LogP contribution in [-0.4, -0.2) is 9.91 Å². The highest BCUT2D eigenvalue weighted by Crippen LogP contribution is 2.35. The number of aromatic nitrogens is 1. The van der Waals surface area contributed by atoms with Crippen molar-refractivity contribution in [3.63, 3.8) is 0 Å². The first-order chi connectivity index (χ1) is 10.2. The summed E-state index contributed by atoms with van der Waals surface area (Å²) in [6.07, 6.45) is 1.62. The summed E-state index contributed by atoms with van der Waals surface area (Å²) in [6, 6.07) is 13.9. The number of para-hydroxylation sites is 1. The highest BCUT2D eigenvalue weighted by molar-refractivity contribution is 7.13. The second-order valence-corrected chi connectivity index (χ2v) is 5.08. The predicted octanol–water partition coefficient (Wildman–Crippen LogP) is 4.51. The van der Waals surface area contributed by atoms with Gasteiger partial charge in [-0.05, 0) is 24.3 Å². The molecule has 0 fully saturated rings. The van der Waals surface area contributed by atoms with Crippen molar-refractivity contribution in [1.82, 2.24) is 4.98 Å². The molecule has 0 spiro atoms. The summed E-state index contributed by atoms with van der Waals surface area (Å²) in [4.78, 5) is 14.9. The molecule has 0 N–H and O–H groups in total. The molecule has 0 amide bonds. The van der Waals surface area contributed by atoms with Crippen LogP contribution in [0, 0.1) is 10.1 Å². The van der Waals surface area contributed by atoms with Crippen molar-refractivity contribution in [2.45, 2.75) is 0 Å². The highest BCUT2D eigenvalue weighted by atomic mass is 32.1. The Balaban J connectivity index is 2.01. The van der Waals surface area contributed by atoms with Gasteiger partial charge in [0.2, 0.25) is 0 Å². The zero-order valence-corrected chi connectivity index (χ0v) is 11.6. The van der Waals surface area contributed by atoms with Gasteiger partial charge < -0.3 is 4.74 Å². The van der Waals surface area contributed by atoms with Gasteiger partial charge in [-0.15, -0.1) is 11.3 Å². The van der Waals surface area contributed by atoms with Gasteiger partial charge in [0.15, 0.2) is 0 Å². The number of ether oxygens (including phenoxy) is 1. The number of nitrogens with zero attached hydrogens (tertiary/aromatic N) is 2. The minimum Gasteiger partial charge on any atom is -0.457 e. The molecule has 0 aliphatic rings. The molecule has 104 valence electrons. The van der Waals surface area contributed by atoms with E-state index in [1.165, 1.54) is 17.4 Å². The lowest BCUT2D eigenvalue weighted by molar-refractivity contribution is -0.384. The van der Waals surface area contributed by atoms with Crippen molar-refractivity contribution in [3.05, 3.63) is 70.2 Å². The molecule has 2 aromatic carbocycles. The summed E-state index contributed by atoms with van der Waals surface area (Å²) in [7, 11) is 0. The Hall–Kier alpha value is -2.73. The number of hydrogen-bond acceptors (Lipinski definition) is 5. The average molecular weight is 298 g/mol. The second kappa shape index (κ2) is 5.72. The van der Waals surface area contributed by atoms with Crippen LogP contribution in [0.25, 0.3) is 10.6 Å². The minimum absolute atomic E-state index is 0.0189. The predicted molar refractivity (Wildman–Crippen MR) is 80.7 cm³/mol. The van der Waals surface area contributed by atoms with Gasteiger partial charge in [0, 0.05) is 17.6 Å². The summed E-state index contributed by atoms with van der Waals surface area (Å²) in [5.41, 5.74) is 0.480. The molecule has 5 nitrogen and oxygen atoms in total. The van der Waals surface area contributed by atoms with Crippen molar-refractivity contribution in [1.29, 1.82) is 0 Å². The minimum atomic E-state index is -0.414. The number of hydrogen-bond donors (Lipinski definition) is 0. The number of rotatable bonds is 4. The Labute approximate surface area is 124 Å². The fraction of sp³-hybridized carbons (Fsp3) is 0. The van der Waals surface area contributed by atoms with Crippen LogP contribution in [0.2, 0.25) is 0 Å². The maximum absolute atomic E-state index is 11.1. The zero-order chi connectivity index (χ0) is 14.7. The Morgan fingerprint density at radius 1 is 1.10 bits per heavy atom. The topological polar surface area (TPSA) is 65.3 Å². The average Bonchev–Trinajstić information content (AvgIpc) is 3.02. The smallest absolute Gasteiger partial charge is 0.279 e. The molecule has 1 heterocycles. The van der Waals surface area contributed by atoms with E-state index in [9.17, 15) is 10.1 Å². The van der Waals surface area contributed by atoms with Crippen molar-refractivity contribution in [2.75, 3.05) is 0 Å². The van der Waals surface area contributed by atoms with E-state index in [2.05, 4.69) is 4.98 Å². The third-order valence-corrected chi connectivity index (χ3v) is 3.61. The van der Waals surface area contributed by atoms with E-state index >= 15 is 0 Å². The fourth-order valence-electron chi connectivity index (χ4n) is 1.89. The number of thiazole rings is 1. The lowest BCUT2D eigenvalue weighted by atomic mass is 10.2. The number of nitro groups is 1. The largest absolute Gasteiger partial charge is 0.457 e. The summed E-state index contributed by atoms with van der Waals surface area (Å²) in [5, 5.41) is 13.5. The van der Waals surface area contributed by atoms with Crippen LogP contribution in [0.4, 0.5) is 5.69 Å². The van der Waals surface area contributed by atoms with Gasteiger partial charge in [-0.2, -0.15) is 0 Å².